The number of benzene rings is 1. The summed E-state index contributed by atoms with van der Waals surface area (Å²) in [5, 5.41) is 0. The van der Waals surface area contributed by atoms with E-state index in [9.17, 15) is 0 Å². The molecule has 1 heteroatoms. The Morgan fingerprint density at radius 3 is 2.75 bits per heavy atom. The van der Waals surface area contributed by atoms with Crippen molar-refractivity contribution in [3.63, 3.8) is 0 Å². The van der Waals surface area contributed by atoms with E-state index in [4.69, 9.17) is 0 Å². The predicted octanol–water partition coefficient (Wildman–Crippen LogP) is 3.72. The Morgan fingerprint density at radius 2 is 2.00 bits per heavy atom. The third kappa shape index (κ3) is 1.13. The van der Waals surface area contributed by atoms with Crippen molar-refractivity contribution < 1.29 is 0 Å². The summed E-state index contributed by atoms with van der Waals surface area (Å²) in [7, 11) is 0. The van der Waals surface area contributed by atoms with Gasteiger partial charge >= 0.3 is 0 Å². The minimum absolute atomic E-state index is 1.10. The molecule has 12 heavy (non-hydrogen) atoms. The molecule has 0 saturated carbocycles. The summed E-state index contributed by atoms with van der Waals surface area (Å²) in [5.74, 6) is 0. The number of fused-ring (bicyclic) bond motifs is 1. The molecule has 0 aliphatic heterocycles. The van der Waals surface area contributed by atoms with E-state index < -0.39 is 0 Å². The molecule has 0 atom stereocenters. The van der Waals surface area contributed by atoms with E-state index in [0.717, 1.165) is 6.42 Å². The zero-order chi connectivity index (χ0) is 8.72. The van der Waals surface area contributed by atoms with E-state index >= 15 is 0 Å². The average molecular weight is 223 g/mol. The number of hydrogen-bond donors (Lipinski definition) is 0. The molecule has 0 aromatic heterocycles. The fourth-order valence-corrected chi connectivity index (χ4v) is 2.71. The molecule has 0 bridgehead atoms. The van der Waals surface area contributed by atoms with Crippen molar-refractivity contribution in [1.29, 1.82) is 0 Å². The summed E-state index contributed by atoms with van der Waals surface area (Å²) in [4.78, 5) is 0. The Morgan fingerprint density at radius 1 is 1.25 bits per heavy atom. The molecular formula is C11H11Br. The molecule has 0 N–H and O–H groups in total. The van der Waals surface area contributed by atoms with Gasteiger partial charge in [0.05, 0.1) is 0 Å². The second-order valence-corrected chi connectivity index (χ2v) is 4.23. The maximum Gasteiger partial charge on any atom is 0.0255 e. The number of rotatable bonds is 0. The highest BCUT2D eigenvalue weighted by molar-refractivity contribution is 9.10. The van der Waals surface area contributed by atoms with Crippen LogP contribution in [0.2, 0.25) is 0 Å². The minimum atomic E-state index is 1.10. The van der Waals surface area contributed by atoms with Crippen LogP contribution in [-0.4, -0.2) is 0 Å². The predicted molar refractivity (Wildman–Crippen MR) is 56.2 cm³/mol. The lowest BCUT2D eigenvalue weighted by atomic mass is 10.0. The fourth-order valence-electron chi connectivity index (χ4n) is 1.78. The van der Waals surface area contributed by atoms with E-state index in [2.05, 4.69) is 48.0 Å². The highest BCUT2D eigenvalue weighted by Gasteiger charge is 2.13. The molecule has 1 aliphatic rings. The van der Waals surface area contributed by atoms with E-state index in [0.29, 0.717) is 0 Å². The zero-order valence-electron chi connectivity index (χ0n) is 7.32. The van der Waals surface area contributed by atoms with Gasteiger partial charge in [-0.3, -0.25) is 0 Å². The summed E-state index contributed by atoms with van der Waals surface area (Å²) < 4.78 is 1.24. The SMILES string of the molecule is CC1=CCc2cc(C)cc(Br)c21. The zero-order valence-corrected chi connectivity index (χ0v) is 8.90. The Kier molecular flexibility index (Phi) is 1.84. The molecule has 1 aromatic carbocycles. The van der Waals surface area contributed by atoms with Crippen molar-refractivity contribution in [1.82, 2.24) is 0 Å². The first kappa shape index (κ1) is 8.06. The lowest BCUT2D eigenvalue weighted by Crippen LogP contribution is -1.86. The molecule has 0 fully saturated rings. The first-order valence-electron chi connectivity index (χ1n) is 4.14. The highest BCUT2D eigenvalue weighted by atomic mass is 79.9. The first-order chi connectivity index (χ1) is 5.68. The molecule has 62 valence electrons. The largest absolute Gasteiger partial charge is 0.0765 e. The van der Waals surface area contributed by atoms with Crippen molar-refractivity contribution >= 4 is 21.5 Å². The van der Waals surface area contributed by atoms with E-state index in [1.165, 1.54) is 26.7 Å². The van der Waals surface area contributed by atoms with Crippen molar-refractivity contribution in [3.8, 4) is 0 Å². The van der Waals surface area contributed by atoms with Crippen molar-refractivity contribution in [2.45, 2.75) is 20.3 Å². The Hall–Kier alpha value is -0.560. The van der Waals surface area contributed by atoms with Gasteiger partial charge in [-0.2, -0.15) is 0 Å². The van der Waals surface area contributed by atoms with Gasteiger partial charge in [-0.15, -0.1) is 0 Å². The molecule has 2 rings (SSSR count). The van der Waals surface area contributed by atoms with Crippen molar-refractivity contribution in [3.05, 3.63) is 39.4 Å². The van der Waals surface area contributed by atoms with E-state index in [1.54, 1.807) is 0 Å². The van der Waals surface area contributed by atoms with Crippen molar-refractivity contribution in [2.24, 2.45) is 0 Å². The number of allylic oxidation sites excluding steroid dienone is 2. The summed E-state index contributed by atoms with van der Waals surface area (Å²) in [6.45, 7) is 4.31. The number of halogens is 1. The van der Waals surface area contributed by atoms with Gasteiger partial charge in [0, 0.05) is 4.47 Å². The molecule has 0 radical (unpaired) electrons. The van der Waals surface area contributed by atoms with Crippen LogP contribution in [0, 0.1) is 6.92 Å². The lowest BCUT2D eigenvalue weighted by molar-refractivity contribution is 1.27. The van der Waals surface area contributed by atoms with Crippen LogP contribution in [0.3, 0.4) is 0 Å². The van der Waals surface area contributed by atoms with Gasteiger partial charge in [0.2, 0.25) is 0 Å². The van der Waals surface area contributed by atoms with Crippen LogP contribution in [0.15, 0.2) is 22.7 Å². The maximum atomic E-state index is 3.60. The molecule has 0 nitrogen and oxygen atoms in total. The average Bonchev–Trinajstić information content (AvgIpc) is 2.31. The van der Waals surface area contributed by atoms with E-state index in [-0.39, 0.29) is 0 Å². The molecular weight excluding hydrogens is 212 g/mol. The lowest BCUT2D eigenvalue weighted by Gasteiger charge is -2.05. The molecule has 0 amide bonds. The summed E-state index contributed by atoms with van der Waals surface area (Å²) in [6.07, 6.45) is 3.39. The second kappa shape index (κ2) is 2.74. The Labute approximate surface area is 81.4 Å². The second-order valence-electron chi connectivity index (χ2n) is 3.37. The monoisotopic (exact) mass is 222 g/mol. The Balaban J connectivity index is 2.67. The third-order valence-electron chi connectivity index (χ3n) is 2.34. The van der Waals surface area contributed by atoms with Gasteiger partial charge in [-0.1, -0.05) is 28.1 Å². The maximum absolute atomic E-state index is 3.60. The normalized spacial score (nSPS) is 14.4. The summed E-state index contributed by atoms with van der Waals surface area (Å²) >= 11 is 3.60. The van der Waals surface area contributed by atoms with Crippen LogP contribution in [0.4, 0.5) is 0 Å². The molecule has 1 aromatic rings. The van der Waals surface area contributed by atoms with Gasteiger partial charge in [-0.25, -0.2) is 0 Å². The summed E-state index contributed by atoms with van der Waals surface area (Å²) in [6, 6.07) is 4.45. The molecule has 0 saturated heterocycles. The van der Waals surface area contributed by atoms with Crippen LogP contribution >= 0.6 is 15.9 Å². The van der Waals surface area contributed by atoms with Crippen LogP contribution in [0.5, 0.6) is 0 Å². The van der Waals surface area contributed by atoms with Gasteiger partial charge in [0.25, 0.3) is 0 Å². The fraction of sp³-hybridized carbons (Fsp3) is 0.273. The van der Waals surface area contributed by atoms with Gasteiger partial charge in [0.1, 0.15) is 0 Å². The van der Waals surface area contributed by atoms with Crippen LogP contribution in [-0.2, 0) is 6.42 Å². The van der Waals surface area contributed by atoms with Crippen LogP contribution in [0.1, 0.15) is 23.6 Å². The molecule has 0 unspecified atom stereocenters. The number of aryl methyl sites for hydroxylation is 1. The standard InChI is InChI=1S/C11H11Br/c1-7-5-9-4-3-8(2)11(9)10(12)6-7/h3,5-6H,4H2,1-2H3. The summed E-state index contributed by atoms with van der Waals surface area (Å²) in [5.41, 5.74) is 5.60. The van der Waals surface area contributed by atoms with Crippen LogP contribution in [0.25, 0.3) is 5.57 Å². The third-order valence-corrected chi connectivity index (χ3v) is 2.96. The van der Waals surface area contributed by atoms with E-state index in [1.807, 2.05) is 0 Å². The topological polar surface area (TPSA) is 0 Å². The molecule has 1 aliphatic carbocycles. The minimum Gasteiger partial charge on any atom is -0.0765 e. The quantitative estimate of drug-likeness (QED) is 0.628. The smallest absolute Gasteiger partial charge is 0.0255 e. The van der Waals surface area contributed by atoms with Gasteiger partial charge in [0.15, 0.2) is 0 Å². The van der Waals surface area contributed by atoms with Crippen molar-refractivity contribution in [2.75, 3.05) is 0 Å². The van der Waals surface area contributed by atoms with Gasteiger partial charge < -0.3 is 0 Å². The highest BCUT2D eigenvalue weighted by Crippen LogP contribution is 2.34. The number of hydrogen-bond acceptors (Lipinski definition) is 0. The van der Waals surface area contributed by atoms with Crippen LogP contribution < -0.4 is 0 Å². The Bertz CT molecular complexity index is 362. The van der Waals surface area contributed by atoms with Gasteiger partial charge in [-0.05, 0) is 48.6 Å². The molecule has 0 heterocycles. The first-order valence-corrected chi connectivity index (χ1v) is 4.94. The molecule has 0 spiro atoms.